The van der Waals surface area contributed by atoms with Gasteiger partial charge in [0.05, 0.1) is 5.69 Å². The number of hydrogen-bond acceptors (Lipinski definition) is 4. The number of anilines is 1. The molecule has 0 bridgehead atoms. The number of hydrogen-bond donors (Lipinski definition) is 2. The van der Waals surface area contributed by atoms with Gasteiger partial charge in [0.1, 0.15) is 18.7 Å². The van der Waals surface area contributed by atoms with Gasteiger partial charge in [-0.15, -0.1) is 0 Å². The van der Waals surface area contributed by atoms with E-state index < -0.39 is 6.04 Å². The van der Waals surface area contributed by atoms with Gasteiger partial charge in [0.15, 0.2) is 0 Å². The topological polar surface area (TPSA) is 88.9 Å². The van der Waals surface area contributed by atoms with Crippen LogP contribution in [-0.4, -0.2) is 32.6 Å². The fourth-order valence-corrected chi connectivity index (χ4v) is 2.16. The van der Waals surface area contributed by atoms with Gasteiger partial charge >= 0.3 is 0 Å². The molecule has 1 aromatic carbocycles. The standard InChI is InChI=1S/C18H25N5O2/c1-13(21-16(24)9-10-18(2,3)4)17(25)22-14-5-7-15(8-6-14)23-12-19-11-20-23/h5-8,11-13H,9-10H2,1-4H3,(H,21,24)(H,22,25)/t13-/m1/s1. The molecule has 25 heavy (non-hydrogen) atoms. The Morgan fingerprint density at radius 2 is 1.88 bits per heavy atom. The van der Waals surface area contributed by atoms with E-state index in [0.29, 0.717) is 12.1 Å². The van der Waals surface area contributed by atoms with Crippen LogP contribution in [0.2, 0.25) is 0 Å². The van der Waals surface area contributed by atoms with Gasteiger partial charge in [-0.25, -0.2) is 9.67 Å². The number of amides is 2. The zero-order valence-corrected chi connectivity index (χ0v) is 15.1. The van der Waals surface area contributed by atoms with Gasteiger partial charge in [0.25, 0.3) is 0 Å². The van der Waals surface area contributed by atoms with Crippen molar-refractivity contribution in [1.82, 2.24) is 20.1 Å². The van der Waals surface area contributed by atoms with Crippen LogP contribution in [0.25, 0.3) is 5.69 Å². The minimum atomic E-state index is -0.595. The van der Waals surface area contributed by atoms with Crippen LogP contribution in [0.3, 0.4) is 0 Å². The summed E-state index contributed by atoms with van der Waals surface area (Å²) in [6.07, 6.45) is 4.24. The highest BCUT2D eigenvalue weighted by Gasteiger charge is 2.18. The minimum Gasteiger partial charge on any atom is -0.345 e. The Morgan fingerprint density at radius 3 is 2.44 bits per heavy atom. The molecule has 2 amide bonds. The summed E-state index contributed by atoms with van der Waals surface area (Å²) in [4.78, 5) is 28.0. The lowest BCUT2D eigenvalue weighted by Crippen LogP contribution is -2.41. The first-order valence-electron chi connectivity index (χ1n) is 8.30. The first-order valence-corrected chi connectivity index (χ1v) is 8.30. The van der Waals surface area contributed by atoms with Gasteiger partial charge in [-0.2, -0.15) is 5.10 Å². The molecule has 0 saturated carbocycles. The summed E-state index contributed by atoms with van der Waals surface area (Å²) in [5, 5.41) is 9.57. The maximum Gasteiger partial charge on any atom is 0.246 e. The van der Waals surface area contributed by atoms with E-state index in [1.165, 1.54) is 6.33 Å². The van der Waals surface area contributed by atoms with Crippen LogP contribution in [0, 0.1) is 5.41 Å². The van der Waals surface area contributed by atoms with Gasteiger partial charge in [-0.3, -0.25) is 9.59 Å². The van der Waals surface area contributed by atoms with Crippen LogP contribution in [0.4, 0.5) is 5.69 Å². The van der Waals surface area contributed by atoms with Crippen LogP contribution in [0.15, 0.2) is 36.9 Å². The molecule has 0 radical (unpaired) electrons. The average Bonchev–Trinajstić information content (AvgIpc) is 3.07. The minimum absolute atomic E-state index is 0.0919. The lowest BCUT2D eigenvalue weighted by atomic mass is 9.90. The van der Waals surface area contributed by atoms with E-state index in [4.69, 9.17) is 0 Å². The first-order chi connectivity index (χ1) is 11.7. The van der Waals surface area contributed by atoms with Crippen LogP contribution in [0.1, 0.15) is 40.5 Å². The maximum atomic E-state index is 12.2. The third kappa shape index (κ3) is 6.02. The van der Waals surface area contributed by atoms with Crippen molar-refractivity contribution in [2.24, 2.45) is 5.41 Å². The highest BCUT2D eigenvalue weighted by Crippen LogP contribution is 2.20. The Hall–Kier alpha value is -2.70. The fraction of sp³-hybridized carbons (Fsp3) is 0.444. The van der Waals surface area contributed by atoms with Crippen LogP contribution in [-0.2, 0) is 9.59 Å². The average molecular weight is 343 g/mol. The summed E-state index contributed by atoms with van der Waals surface area (Å²) in [6, 6.07) is 6.63. The monoisotopic (exact) mass is 343 g/mol. The van der Waals surface area contributed by atoms with E-state index >= 15 is 0 Å². The van der Waals surface area contributed by atoms with Gasteiger partial charge in [-0.1, -0.05) is 20.8 Å². The molecule has 2 rings (SSSR count). The number of rotatable bonds is 6. The third-order valence-corrected chi connectivity index (χ3v) is 3.69. The molecular weight excluding hydrogens is 318 g/mol. The highest BCUT2D eigenvalue weighted by molar-refractivity contribution is 5.96. The zero-order chi connectivity index (χ0) is 18.4. The van der Waals surface area contributed by atoms with E-state index in [1.807, 2.05) is 12.1 Å². The first kappa shape index (κ1) is 18.6. The van der Waals surface area contributed by atoms with E-state index in [1.54, 1.807) is 30.1 Å². The molecule has 1 atom stereocenters. The van der Waals surface area contributed by atoms with Crippen molar-refractivity contribution in [1.29, 1.82) is 0 Å². The van der Waals surface area contributed by atoms with Crippen molar-refractivity contribution < 1.29 is 9.59 Å². The summed E-state index contributed by atoms with van der Waals surface area (Å²) in [6.45, 7) is 7.92. The number of carbonyl (C=O) groups is 2. The Balaban J connectivity index is 1.85. The van der Waals surface area contributed by atoms with Crippen LogP contribution < -0.4 is 10.6 Å². The molecule has 0 aliphatic rings. The summed E-state index contributed by atoms with van der Waals surface area (Å²) in [7, 11) is 0. The van der Waals surface area contributed by atoms with E-state index in [2.05, 4.69) is 41.5 Å². The summed E-state index contributed by atoms with van der Waals surface area (Å²) < 4.78 is 1.63. The van der Waals surface area contributed by atoms with E-state index in [9.17, 15) is 9.59 Å². The molecule has 134 valence electrons. The zero-order valence-electron chi connectivity index (χ0n) is 15.1. The largest absolute Gasteiger partial charge is 0.345 e. The Bertz CT molecular complexity index is 702. The van der Waals surface area contributed by atoms with Crippen molar-refractivity contribution in [3.05, 3.63) is 36.9 Å². The molecule has 0 unspecified atom stereocenters. The van der Waals surface area contributed by atoms with E-state index in [0.717, 1.165) is 12.1 Å². The molecule has 0 spiro atoms. The van der Waals surface area contributed by atoms with Gasteiger partial charge in [-0.05, 0) is 43.0 Å². The van der Waals surface area contributed by atoms with Gasteiger partial charge in [0, 0.05) is 12.1 Å². The number of aromatic nitrogens is 3. The van der Waals surface area contributed by atoms with Crippen molar-refractivity contribution >= 4 is 17.5 Å². The second-order valence-electron chi connectivity index (χ2n) is 7.23. The Labute approximate surface area is 147 Å². The normalized spacial score (nSPS) is 12.5. The highest BCUT2D eigenvalue weighted by atomic mass is 16.2. The maximum absolute atomic E-state index is 12.2. The molecule has 0 aliphatic heterocycles. The SMILES string of the molecule is C[C@@H](NC(=O)CCC(C)(C)C)C(=O)Nc1ccc(-n2cncn2)cc1. The molecule has 1 aromatic heterocycles. The number of benzene rings is 1. The number of nitrogens with one attached hydrogen (secondary N) is 2. The second kappa shape index (κ2) is 7.92. The van der Waals surface area contributed by atoms with Crippen LogP contribution >= 0.6 is 0 Å². The lowest BCUT2D eigenvalue weighted by molar-refractivity contribution is -0.126. The molecule has 7 nitrogen and oxygen atoms in total. The number of nitrogens with zero attached hydrogens (tertiary/aromatic N) is 3. The van der Waals surface area contributed by atoms with Crippen molar-refractivity contribution in [2.75, 3.05) is 5.32 Å². The van der Waals surface area contributed by atoms with Crippen LogP contribution in [0.5, 0.6) is 0 Å². The molecule has 0 fully saturated rings. The van der Waals surface area contributed by atoms with Gasteiger partial charge < -0.3 is 10.6 Å². The molecule has 2 N–H and O–H groups in total. The Kier molecular flexibility index (Phi) is 5.90. The van der Waals surface area contributed by atoms with Crippen molar-refractivity contribution in [2.45, 2.75) is 46.6 Å². The predicted octanol–water partition coefficient (Wildman–Crippen LogP) is 2.54. The molecule has 0 aliphatic carbocycles. The molecular formula is C18H25N5O2. The van der Waals surface area contributed by atoms with Crippen molar-refractivity contribution in [3.8, 4) is 5.69 Å². The van der Waals surface area contributed by atoms with E-state index in [-0.39, 0.29) is 17.2 Å². The molecule has 0 saturated heterocycles. The Morgan fingerprint density at radius 1 is 1.20 bits per heavy atom. The molecule has 1 heterocycles. The fourth-order valence-electron chi connectivity index (χ4n) is 2.16. The summed E-state index contributed by atoms with van der Waals surface area (Å²) in [5.41, 5.74) is 1.60. The quantitative estimate of drug-likeness (QED) is 0.843. The third-order valence-electron chi connectivity index (χ3n) is 3.69. The molecule has 2 aromatic rings. The van der Waals surface area contributed by atoms with Gasteiger partial charge in [0.2, 0.25) is 11.8 Å². The number of carbonyl (C=O) groups excluding carboxylic acids is 2. The summed E-state index contributed by atoms with van der Waals surface area (Å²) >= 11 is 0. The second-order valence-corrected chi connectivity index (χ2v) is 7.23. The smallest absolute Gasteiger partial charge is 0.246 e. The lowest BCUT2D eigenvalue weighted by Gasteiger charge is -2.19. The van der Waals surface area contributed by atoms with Crippen molar-refractivity contribution in [3.63, 3.8) is 0 Å². The predicted molar refractivity (Wildman–Crippen MR) is 96.3 cm³/mol. The summed E-state index contributed by atoms with van der Waals surface area (Å²) in [5.74, 6) is -0.364. The molecule has 7 heteroatoms.